The summed E-state index contributed by atoms with van der Waals surface area (Å²) in [6.07, 6.45) is 1.01. The molecule has 2 aromatic carbocycles. The molecule has 2 aromatic rings. The van der Waals surface area contributed by atoms with E-state index >= 15 is 0 Å². The molecule has 1 N–H and O–H groups in total. The largest absolute Gasteiger partial charge is 0.467 e. The number of carbonyl (C=O) groups excluding carboxylic acids is 2. The van der Waals surface area contributed by atoms with Crippen molar-refractivity contribution in [1.82, 2.24) is 4.90 Å². The maximum atomic E-state index is 13.9. The lowest BCUT2D eigenvalue weighted by Gasteiger charge is -2.39. The van der Waals surface area contributed by atoms with Gasteiger partial charge in [0.25, 0.3) is 0 Å². The number of methoxy groups -OCH3 is 1. The summed E-state index contributed by atoms with van der Waals surface area (Å²) in [4.78, 5) is 38.9. The zero-order valence-electron chi connectivity index (χ0n) is 18.4. The second-order valence-electron chi connectivity index (χ2n) is 8.35. The van der Waals surface area contributed by atoms with Gasteiger partial charge in [-0.3, -0.25) is 0 Å². The summed E-state index contributed by atoms with van der Waals surface area (Å²) < 4.78 is 16.8. The van der Waals surface area contributed by atoms with Crippen LogP contribution in [0.5, 0.6) is 0 Å². The van der Waals surface area contributed by atoms with Gasteiger partial charge < -0.3 is 24.2 Å². The topological polar surface area (TPSA) is 102 Å². The Morgan fingerprint density at radius 3 is 1.91 bits per heavy atom. The summed E-state index contributed by atoms with van der Waals surface area (Å²) in [5, 5.41) is 9.51. The first kappa shape index (κ1) is 22.8. The standard InChI is InChI=1S/C25H27NO7/c1-31-22(27)16-32-25(17-8-4-2-5-9-17,18-10-6-3-7-11-18)23(28)33-21-14-19-12-13-20(15-21)26(19)24(29)30/h2-11,19-21H,12-16H2,1H3,(H,29,30)/t19-,20+,21+. The van der Waals surface area contributed by atoms with E-state index in [1.165, 1.54) is 12.0 Å². The quantitative estimate of drug-likeness (QED) is 0.642. The fraction of sp³-hybridized carbons (Fsp3) is 0.400. The molecule has 0 saturated carbocycles. The number of ether oxygens (including phenoxy) is 3. The summed E-state index contributed by atoms with van der Waals surface area (Å²) in [6.45, 7) is -0.446. The minimum atomic E-state index is -1.68. The van der Waals surface area contributed by atoms with Gasteiger partial charge in [0.05, 0.1) is 7.11 Å². The number of amides is 1. The monoisotopic (exact) mass is 453 g/mol. The molecule has 0 radical (unpaired) electrons. The molecule has 8 nitrogen and oxygen atoms in total. The van der Waals surface area contributed by atoms with Gasteiger partial charge in [-0.15, -0.1) is 0 Å². The minimum Gasteiger partial charge on any atom is -0.467 e. The van der Waals surface area contributed by atoms with E-state index < -0.39 is 36.3 Å². The Labute approximate surface area is 192 Å². The van der Waals surface area contributed by atoms with E-state index in [2.05, 4.69) is 0 Å². The molecular formula is C25H27NO7. The highest BCUT2D eigenvalue weighted by molar-refractivity contribution is 5.86. The SMILES string of the molecule is COC(=O)COC(C(=O)O[C@H]1C[C@H]2CC[C@@H](C1)N2C(=O)O)(c1ccccc1)c1ccccc1. The molecule has 2 aliphatic heterocycles. The van der Waals surface area contributed by atoms with Crippen LogP contribution in [0.25, 0.3) is 0 Å². The number of fused-ring (bicyclic) bond motifs is 2. The van der Waals surface area contributed by atoms with Crippen LogP contribution in [0.1, 0.15) is 36.8 Å². The van der Waals surface area contributed by atoms with E-state index in [4.69, 9.17) is 14.2 Å². The summed E-state index contributed by atoms with van der Waals surface area (Å²) >= 11 is 0. The summed E-state index contributed by atoms with van der Waals surface area (Å²) in [5.41, 5.74) is -0.633. The minimum absolute atomic E-state index is 0.169. The second-order valence-corrected chi connectivity index (χ2v) is 8.35. The predicted molar refractivity (Wildman–Crippen MR) is 117 cm³/mol. The zero-order valence-corrected chi connectivity index (χ0v) is 18.4. The van der Waals surface area contributed by atoms with Crippen LogP contribution in [-0.2, 0) is 29.4 Å². The van der Waals surface area contributed by atoms with Crippen LogP contribution in [0, 0.1) is 0 Å². The zero-order chi connectivity index (χ0) is 23.4. The Balaban J connectivity index is 1.67. The van der Waals surface area contributed by atoms with Crippen LogP contribution < -0.4 is 0 Å². The van der Waals surface area contributed by atoms with E-state index in [1.54, 1.807) is 48.5 Å². The van der Waals surface area contributed by atoms with Gasteiger partial charge in [0.2, 0.25) is 5.60 Å². The maximum absolute atomic E-state index is 13.9. The lowest BCUT2D eigenvalue weighted by Crippen LogP contribution is -2.50. The van der Waals surface area contributed by atoms with Crippen LogP contribution in [-0.4, -0.2) is 59.9 Å². The van der Waals surface area contributed by atoms with E-state index in [0.717, 1.165) is 12.8 Å². The molecule has 4 rings (SSSR count). The molecule has 33 heavy (non-hydrogen) atoms. The predicted octanol–water partition coefficient (Wildman–Crippen LogP) is 3.34. The summed E-state index contributed by atoms with van der Waals surface area (Å²) in [7, 11) is 1.25. The number of carbonyl (C=O) groups is 3. The van der Waals surface area contributed by atoms with E-state index in [9.17, 15) is 19.5 Å². The number of rotatable bonds is 7. The average molecular weight is 453 g/mol. The molecule has 2 fully saturated rings. The van der Waals surface area contributed by atoms with Gasteiger partial charge in [-0.25, -0.2) is 14.4 Å². The van der Waals surface area contributed by atoms with Gasteiger partial charge in [0.15, 0.2) is 0 Å². The molecule has 0 spiro atoms. The molecule has 1 amide bonds. The van der Waals surface area contributed by atoms with E-state index in [-0.39, 0.29) is 12.1 Å². The Hall–Kier alpha value is -3.39. The first-order valence-corrected chi connectivity index (χ1v) is 11.0. The number of hydrogen-bond acceptors (Lipinski definition) is 6. The van der Waals surface area contributed by atoms with Crippen molar-refractivity contribution in [1.29, 1.82) is 0 Å². The molecule has 2 heterocycles. The third-order valence-electron chi connectivity index (χ3n) is 6.47. The van der Waals surface area contributed by atoms with Gasteiger partial charge >= 0.3 is 18.0 Å². The highest BCUT2D eigenvalue weighted by Gasteiger charge is 2.49. The van der Waals surface area contributed by atoms with Crippen LogP contribution in [0.15, 0.2) is 60.7 Å². The molecule has 8 heteroatoms. The number of piperidine rings is 1. The molecule has 0 aliphatic carbocycles. The molecule has 0 unspecified atom stereocenters. The third kappa shape index (κ3) is 4.43. The fourth-order valence-corrected chi connectivity index (χ4v) is 4.97. The molecule has 2 bridgehead atoms. The lowest BCUT2D eigenvalue weighted by molar-refractivity contribution is -0.180. The van der Waals surface area contributed by atoms with Crippen molar-refractivity contribution in [3.05, 3.63) is 71.8 Å². The van der Waals surface area contributed by atoms with Crippen molar-refractivity contribution < 1.29 is 33.7 Å². The fourth-order valence-electron chi connectivity index (χ4n) is 4.97. The molecule has 3 atom stereocenters. The van der Waals surface area contributed by atoms with Gasteiger partial charge in [-0.1, -0.05) is 60.7 Å². The first-order valence-electron chi connectivity index (χ1n) is 11.0. The average Bonchev–Trinajstić information content (AvgIpc) is 3.11. The van der Waals surface area contributed by atoms with Crippen molar-refractivity contribution in [2.75, 3.05) is 13.7 Å². The number of carboxylic acid groups (broad SMARTS) is 1. The molecular weight excluding hydrogens is 426 g/mol. The van der Waals surface area contributed by atoms with Crippen molar-refractivity contribution in [3.8, 4) is 0 Å². The molecule has 2 aliphatic rings. The maximum Gasteiger partial charge on any atom is 0.407 e. The number of hydrogen-bond donors (Lipinski definition) is 1. The van der Waals surface area contributed by atoms with Crippen molar-refractivity contribution in [2.24, 2.45) is 0 Å². The highest BCUT2D eigenvalue weighted by Crippen LogP contribution is 2.40. The summed E-state index contributed by atoms with van der Waals surface area (Å²) in [6, 6.07) is 17.5. The van der Waals surface area contributed by atoms with E-state index in [0.29, 0.717) is 24.0 Å². The van der Waals surface area contributed by atoms with Gasteiger partial charge in [-0.2, -0.15) is 0 Å². The van der Waals surface area contributed by atoms with Crippen molar-refractivity contribution in [2.45, 2.75) is 49.5 Å². The number of nitrogens with zero attached hydrogens (tertiary/aromatic N) is 1. The van der Waals surface area contributed by atoms with Crippen LogP contribution in [0.3, 0.4) is 0 Å². The Morgan fingerprint density at radius 1 is 0.939 bits per heavy atom. The van der Waals surface area contributed by atoms with Gasteiger partial charge in [-0.05, 0) is 24.0 Å². The van der Waals surface area contributed by atoms with E-state index in [1.807, 2.05) is 12.1 Å². The Bertz CT molecular complexity index is 941. The van der Waals surface area contributed by atoms with Gasteiger partial charge in [0, 0.05) is 24.9 Å². The molecule has 0 aromatic heterocycles. The third-order valence-corrected chi connectivity index (χ3v) is 6.47. The normalized spacial score (nSPS) is 22.0. The van der Waals surface area contributed by atoms with Gasteiger partial charge in [0.1, 0.15) is 12.7 Å². The molecule has 174 valence electrons. The smallest absolute Gasteiger partial charge is 0.407 e. The second kappa shape index (κ2) is 9.62. The highest BCUT2D eigenvalue weighted by atomic mass is 16.6. The van der Waals surface area contributed by atoms with Crippen LogP contribution >= 0.6 is 0 Å². The Kier molecular flexibility index (Phi) is 6.65. The Morgan fingerprint density at radius 2 is 1.45 bits per heavy atom. The lowest BCUT2D eigenvalue weighted by atomic mass is 9.85. The van der Waals surface area contributed by atoms with Crippen molar-refractivity contribution in [3.63, 3.8) is 0 Å². The van der Waals surface area contributed by atoms with Crippen molar-refractivity contribution >= 4 is 18.0 Å². The number of benzene rings is 2. The first-order chi connectivity index (χ1) is 16.0. The molecule has 2 saturated heterocycles. The number of esters is 2. The summed E-state index contributed by atoms with van der Waals surface area (Å²) in [5.74, 6) is -1.26. The van der Waals surface area contributed by atoms with Crippen LogP contribution in [0.2, 0.25) is 0 Å². The van der Waals surface area contributed by atoms with Crippen LogP contribution in [0.4, 0.5) is 4.79 Å².